The van der Waals surface area contributed by atoms with Crippen molar-refractivity contribution in [2.24, 2.45) is 10.4 Å². The number of allylic oxidation sites excluding steroid dienone is 3. The van der Waals surface area contributed by atoms with Gasteiger partial charge in [0.05, 0.1) is 5.70 Å². The Morgan fingerprint density at radius 2 is 2.10 bits per heavy atom. The largest absolute Gasteiger partial charge is 0.384 e. The second kappa shape index (κ2) is 7.66. The predicted octanol–water partition coefficient (Wildman–Crippen LogP) is 4.98. The minimum Gasteiger partial charge on any atom is -0.384 e. The molecule has 3 aliphatic rings. The molecule has 0 amide bonds. The Bertz CT molecular complexity index is 392. The van der Waals surface area contributed by atoms with Gasteiger partial charge in [-0.2, -0.15) is 0 Å². The van der Waals surface area contributed by atoms with Crippen LogP contribution in [0.3, 0.4) is 0 Å². The predicted molar refractivity (Wildman–Crippen MR) is 88.0 cm³/mol. The molecule has 2 heteroatoms. The summed E-state index contributed by atoms with van der Waals surface area (Å²) in [5.41, 5.74) is 3.59. The molecule has 1 fully saturated rings. The normalized spacial score (nSPS) is 28.3. The van der Waals surface area contributed by atoms with Gasteiger partial charge < -0.3 is 5.32 Å². The number of rotatable bonds is 2. The zero-order valence-electron chi connectivity index (χ0n) is 13.3. The molecule has 0 radical (unpaired) electrons. The van der Waals surface area contributed by atoms with Crippen molar-refractivity contribution in [3.63, 3.8) is 0 Å². The third-order valence-corrected chi connectivity index (χ3v) is 4.76. The monoisotopic (exact) mass is 274 g/mol. The molecular weight excluding hydrogens is 244 g/mol. The maximum absolute atomic E-state index is 4.19. The van der Waals surface area contributed by atoms with Crippen LogP contribution in [-0.4, -0.2) is 12.8 Å². The lowest BCUT2D eigenvalue weighted by Gasteiger charge is -2.39. The first-order chi connectivity index (χ1) is 9.74. The van der Waals surface area contributed by atoms with Gasteiger partial charge in [-0.25, -0.2) is 0 Å². The zero-order chi connectivity index (χ0) is 14.3. The van der Waals surface area contributed by atoms with Crippen molar-refractivity contribution in [1.29, 1.82) is 0 Å². The van der Waals surface area contributed by atoms with Crippen LogP contribution in [0.15, 0.2) is 28.5 Å². The zero-order valence-corrected chi connectivity index (χ0v) is 13.3. The van der Waals surface area contributed by atoms with Gasteiger partial charge in [0, 0.05) is 19.0 Å². The van der Waals surface area contributed by atoms with Crippen LogP contribution >= 0.6 is 0 Å². The molecule has 0 aromatic heterocycles. The molecule has 2 aliphatic carbocycles. The van der Waals surface area contributed by atoms with Gasteiger partial charge in [0.1, 0.15) is 0 Å². The van der Waals surface area contributed by atoms with Crippen molar-refractivity contribution in [3.05, 3.63) is 23.5 Å². The lowest BCUT2D eigenvalue weighted by molar-refractivity contribution is 0.262. The molecule has 1 N–H and O–H groups in total. The fourth-order valence-electron chi connectivity index (χ4n) is 3.52. The van der Waals surface area contributed by atoms with Crippen LogP contribution in [-0.2, 0) is 0 Å². The Morgan fingerprint density at radius 1 is 1.25 bits per heavy atom. The van der Waals surface area contributed by atoms with Gasteiger partial charge in [-0.1, -0.05) is 38.3 Å². The second-order valence-electron chi connectivity index (χ2n) is 6.49. The maximum atomic E-state index is 4.19. The lowest BCUT2D eigenvalue weighted by Crippen LogP contribution is -2.25. The molecule has 20 heavy (non-hydrogen) atoms. The summed E-state index contributed by atoms with van der Waals surface area (Å²) >= 11 is 0. The first-order valence-corrected chi connectivity index (χ1v) is 8.39. The van der Waals surface area contributed by atoms with E-state index in [1.54, 1.807) is 5.57 Å². The summed E-state index contributed by atoms with van der Waals surface area (Å²) in [5, 5.41) is 3.11. The molecule has 0 spiro atoms. The SMILES string of the molecule is CC12CCCC=C1CCCC2.CCCC1=CNCC=N1. The third-order valence-electron chi connectivity index (χ3n) is 4.76. The summed E-state index contributed by atoms with van der Waals surface area (Å²) < 4.78 is 0. The van der Waals surface area contributed by atoms with Gasteiger partial charge in [0.15, 0.2) is 0 Å². The molecule has 2 nitrogen and oxygen atoms in total. The van der Waals surface area contributed by atoms with Gasteiger partial charge >= 0.3 is 0 Å². The number of nitrogens with zero attached hydrogens (tertiary/aromatic N) is 1. The summed E-state index contributed by atoms with van der Waals surface area (Å²) in [5.74, 6) is 0. The number of hydrogen-bond acceptors (Lipinski definition) is 2. The van der Waals surface area contributed by atoms with Crippen LogP contribution in [0.4, 0.5) is 0 Å². The Morgan fingerprint density at radius 3 is 2.80 bits per heavy atom. The highest BCUT2D eigenvalue weighted by Gasteiger charge is 2.32. The molecule has 112 valence electrons. The molecule has 1 unspecified atom stereocenters. The number of fused-ring (bicyclic) bond motifs is 1. The van der Waals surface area contributed by atoms with E-state index in [0.29, 0.717) is 5.41 Å². The van der Waals surface area contributed by atoms with Crippen molar-refractivity contribution in [3.8, 4) is 0 Å². The summed E-state index contributed by atoms with van der Waals surface area (Å²) in [7, 11) is 0. The molecule has 3 rings (SSSR count). The van der Waals surface area contributed by atoms with E-state index in [-0.39, 0.29) is 0 Å². The van der Waals surface area contributed by atoms with E-state index in [4.69, 9.17) is 0 Å². The van der Waals surface area contributed by atoms with Crippen LogP contribution in [0.25, 0.3) is 0 Å². The minimum absolute atomic E-state index is 0.635. The molecule has 1 heterocycles. The fraction of sp³-hybridized carbons (Fsp3) is 0.722. The minimum atomic E-state index is 0.635. The quantitative estimate of drug-likeness (QED) is 0.706. The number of nitrogens with one attached hydrogen (secondary N) is 1. The Kier molecular flexibility index (Phi) is 5.87. The molecule has 1 atom stereocenters. The molecule has 0 saturated heterocycles. The van der Waals surface area contributed by atoms with Crippen molar-refractivity contribution in [2.45, 2.75) is 71.6 Å². The molecule has 0 aromatic carbocycles. The van der Waals surface area contributed by atoms with Gasteiger partial charge in [-0.3, -0.25) is 4.99 Å². The van der Waals surface area contributed by atoms with Gasteiger partial charge in [-0.15, -0.1) is 0 Å². The van der Waals surface area contributed by atoms with Crippen molar-refractivity contribution in [1.82, 2.24) is 5.32 Å². The van der Waals surface area contributed by atoms with Crippen molar-refractivity contribution in [2.75, 3.05) is 6.54 Å². The Labute approximate surface area is 124 Å². The highest BCUT2D eigenvalue weighted by atomic mass is 14.9. The summed E-state index contributed by atoms with van der Waals surface area (Å²) in [4.78, 5) is 4.19. The van der Waals surface area contributed by atoms with E-state index in [0.717, 1.165) is 13.0 Å². The van der Waals surface area contributed by atoms with Crippen LogP contribution in [0.2, 0.25) is 0 Å². The van der Waals surface area contributed by atoms with E-state index in [1.807, 2.05) is 12.4 Å². The standard InChI is InChI=1S/C11H18.C7H12N2/c1-11-8-4-2-6-10(11)7-3-5-9-11;1-2-3-7-6-8-4-5-9-7/h6H,2-5,7-9H2,1H3;5-6,8H,2-4H2,1H3. The summed E-state index contributed by atoms with van der Waals surface area (Å²) in [6.45, 7) is 5.51. The van der Waals surface area contributed by atoms with E-state index in [1.165, 1.54) is 57.1 Å². The Hall–Kier alpha value is -1.05. The average molecular weight is 274 g/mol. The van der Waals surface area contributed by atoms with E-state index in [9.17, 15) is 0 Å². The third kappa shape index (κ3) is 4.22. The van der Waals surface area contributed by atoms with Crippen LogP contribution in [0, 0.1) is 5.41 Å². The van der Waals surface area contributed by atoms with E-state index in [2.05, 4.69) is 30.2 Å². The summed E-state index contributed by atoms with van der Waals surface area (Å²) in [6.07, 6.45) is 18.7. The first-order valence-electron chi connectivity index (χ1n) is 8.39. The second-order valence-corrected chi connectivity index (χ2v) is 6.49. The molecule has 1 saturated carbocycles. The smallest absolute Gasteiger partial charge is 0.0556 e. The average Bonchev–Trinajstić information content (AvgIpc) is 2.49. The van der Waals surface area contributed by atoms with Crippen molar-refractivity contribution < 1.29 is 0 Å². The van der Waals surface area contributed by atoms with E-state index < -0.39 is 0 Å². The highest BCUT2D eigenvalue weighted by molar-refractivity contribution is 5.62. The molecule has 0 aromatic rings. The number of hydrogen-bond donors (Lipinski definition) is 1. The van der Waals surface area contributed by atoms with Gasteiger partial charge in [-0.05, 0) is 50.4 Å². The van der Waals surface area contributed by atoms with Gasteiger partial charge in [0.25, 0.3) is 0 Å². The summed E-state index contributed by atoms with van der Waals surface area (Å²) in [6, 6.07) is 0. The molecular formula is C18H30N2. The van der Waals surface area contributed by atoms with Crippen LogP contribution in [0.1, 0.15) is 71.6 Å². The topological polar surface area (TPSA) is 24.4 Å². The van der Waals surface area contributed by atoms with Crippen molar-refractivity contribution >= 4 is 6.21 Å². The van der Waals surface area contributed by atoms with Crippen LogP contribution < -0.4 is 5.32 Å². The van der Waals surface area contributed by atoms with Crippen LogP contribution in [0.5, 0.6) is 0 Å². The molecule has 0 bridgehead atoms. The van der Waals surface area contributed by atoms with E-state index >= 15 is 0 Å². The fourth-order valence-corrected chi connectivity index (χ4v) is 3.52. The number of aliphatic imine (C=N–C) groups is 1. The first kappa shape index (κ1) is 15.3. The lowest BCUT2D eigenvalue weighted by atomic mass is 9.66. The highest BCUT2D eigenvalue weighted by Crippen LogP contribution is 2.46. The Balaban J connectivity index is 0.000000151. The molecule has 1 aliphatic heterocycles. The maximum Gasteiger partial charge on any atom is 0.0556 e. The van der Waals surface area contributed by atoms with Gasteiger partial charge in [0.2, 0.25) is 0 Å².